The van der Waals surface area contributed by atoms with Crippen molar-refractivity contribution in [3.8, 4) is 0 Å². The van der Waals surface area contributed by atoms with Crippen LogP contribution in [-0.2, 0) is 9.68 Å². The molecule has 0 amide bonds. The zero-order valence-electron chi connectivity index (χ0n) is 23.2. The number of hydrazine groups is 1. The van der Waals surface area contributed by atoms with Crippen LogP contribution in [0.3, 0.4) is 0 Å². The molecule has 40 nitrogen and oxygen atoms in total. The molecule has 0 rings (SSSR count). The van der Waals surface area contributed by atoms with Crippen molar-refractivity contribution in [1.29, 1.82) is 0 Å². The van der Waals surface area contributed by atoms with E-state index in [4.69, 9.17) is 0 Å². The van der Waals surface area contributed by atoms with Crippen LogP contribution in [-0.4, -0.2) is 113 Å². The summed E-state index contributed by atoms with van der Waals surface area (Å²) in [6.07, 6.45) is -10.1. The molecule has 2 atom stereocenters. The fourth-order valence-corrected chi connectivity index (χ4v) is 4.26. The molecule has 50 heavy (non-hydrogen) atoms. The van der Waals surface area contributed by atoms with Gasteiger partial charge in [-0.15, -0.1) is 20.2 Å². The Morgan fingerprint density at radius 1 is 0.540 bits per heavy atom. The Bertz CT molecular complexity index is 1450. The van der Waals surface area contributed by atoms with Gasteiger partial charge in [0.15, 0.2) is 40.8 Å². The fraction of sp³-hybridized carbons (Fsp3) is 1.00. The molecule has 0 aromatic carbocycles. The van der Waals surface area contributed by atoms with E-state index in [1.165, 1.54) is 6.92 Å². The summed E-state index contributed by atoms with van der Waals surface area (Å²) in [6, 6.07) is 0. The van der Waals surface area contributed by atoms with E-state index < -0.39 is 113 Å². The van der Waals surface area contributed by atoms with Crippen LogP contribution in [0.1, 0.15) is 13.3 Å². The molecule has 40 heteroatoms. The highest BCUT2D eigenvalue weighted by molar-refractivity contribution is 4.97. The lowest BCUT2D eigenvalue weighted by atomic mass is 9.88. The first-order valence-electron chi connectivity index (χ1n) is 11.3. The summed E-state index contributed by atoms with van der Waals surface area (Å²) in [6.45, 7) is -0.0711. The second kappa shape index (κ2) is 14.7. The SMILES string of the molecule is CCNCCC(O[N+](=O)[O-])C(O[N+](=O)[O-])C([N+](=O)[O-])([N+](=O)[O-])C(N([N+](=O)[O-])C([N+](=O)[O-])([N+](=O)[O-])C([N+](=O)[O-])([N+](=O)[O-])[N+](=O)[O-])([N+](=O)[O-])[N+](=O)[O-]. The Kier molecular flexibility index (Phi) is 12.4. The Morgan fingerprint density at radius 2 is 0.900 bits per heavy atom. The van der Waals surface area contributed by atoms with Crippen LogP contribution in [0, 0.1) is 121 Å². The third-order valence-corrected chi connectivity index (χ3v) is 6.05. The quantitative estimate of drug-likeness (QED) is 0.0423. The predicted octanol–water partition coefficient (Wildman–Crippen LogP) is -4.22. The number of hydrogen-bond donors (Lipinski definition) is 1. The van der Waals surface area contributed by atoms with Gasteiger partial charge in [0.05, 0.1) is 0 Å². The number of nitrogens with one attached hydrogen (secondary N) is 1. The number of nitrogens with zero attached hydrogens (tertiary/aromatic N) is 13. The van der Waals surface area contributed by atoms with Crippen molar-refractivity contribution in [3.05, 3.63) is 121 Å². The minimum Gasteiger partial charge on any atom is -0.317 e. The predicted molar refractivity (Wildman–Crippen MR) is 130 cm³/mol. The number of rotatable bonds is 24. The van der Waals surface area contributed by atoms with Crippen molar-refractivity contribution in [2.75, 3.05) is 13.1 Å². The highest BCUT2D eigenvalue weighted by Gasteiger charge is 3.19. The van der Waals surface area contributed by atoms with Gasteiger partial charge in [-0.25, -0.2) is 10.1 Å². The van der Waals surface area contributed by atoms with E-state index in [0.29, 0.717) is 0 Å². The van der Waals surface area contributed by atoms with Gasteiger partial charge in [-0.1, -0.05) is 6.92 Å². The van der Waals surface area contributed by atoms with E-state index in [1.54, 1.807) is 0 Å². The second-order valence-corrected chi connectivity index (χ2v) is 8.26. The summed E-state index contributed by atoms with van der Waals surface area (Å²) in [4.78, 5) is 121. The summed E-state index contributed by atoms with van der Waals surface area (Å²) in [5.41, 5.74) is -6.69. The molecule has 0 aliphatic heterocycles. The fourth-order valence-electron chi connectivity index (χ4n) is 4.26. The minimum atomic E-state index is -7.28. The van der Waals surface area contributed by atoms with E-state index >= 15 is 0 Å². The van der Waals surface area contributed by atoms with E-state index in [9.17, 15) is 121 Å². The molecule has 0 radical (unpaired) electrons. The van der Waals surface area contributed by atoms with Gasteiger partial charge in [0.2, 0.25) is 0 Å². The van der Waals surface area contributed by atoms with Gasteiger partial charge in [0, 0.05) is 0 Å². The van der Waals surface area contributed by atoms with Crippen LogP contribution in [0.2, 0.25) is 0 Å². The van der Waals surface area contributed by atoms with Gasteiger partial charge < -0.3 is 10.2 Å². The van der Waals surface area contributed by atoms with Gasteiger partial charge in [-0.05, 0) is 19.5 Å². The Balaban J connectivity index is 9.85. The maximum absolute atomic E-state index is 12.5. The average molecular weight is 744 g/mol. The summed E-state index contributed by atoms with van der Waals surface area (Å²) >= 11 is 0. The van der Waals surface area contributed by atoms with Crippen LogP contribution in [0.5, 0.6) is 0 Å². The summed E-state index contributed by atoms with van der Waals surface area (Å²) in [5.74, 6) is -21.5. The topological polar surface area (TPSA) is 551 Å². The van der Waals surface area contributed by atoms with E-state index in [2.05, 4.69) is 15.0 Å². The number of hydrogen-bond acceptors (Lipinski definition) is 27. The largest absolute Gasteiger partial charge is 0.871 e. The van der Waals surface area contributed by atoms with E-state index in [0.717, 1.165) is 0 Å². The van der Waals surface area contributed by atoms with Crippen LogP contribution < -0.4 is 5.32 Å². The summed E-state index contributed by atoms with van der Waals surface area (Å²) < 4.78 is 0. The molecule has 1 N–H and O–H groups in total. The third-order valence-electron chi connectivity index (χ3n) is 6.05. The zero-order valence-corrected chi connectivity index (χ0v) is 23.2. The molecule has 0 bridgehead atoms. The maximum Gasteiger partial charge on any atom is 0.871 e. The molecule has 0 aliphatic rings. The molecule has 0 saturated carbocycles. The van der Waals surface area contributed by atoms with Crippen LogP contribution in [0.4, 0.5) is 0 Å². The number of nitro groups is 10. The normalized spacial score (nSPS) is 13.0. The lowest BCUT2D eigenvalue weighted by Gasteiger charge is -2.32. The third kappa shape index (κ3) is 5.79. The highest BCUT2D eigenvalue weighted by atomic mass is 17.0. The standard InChI is InChI=1S/C10H12N14O26/c1-2-11-4-3-5(49-23(45)46)6(50-24(47)48)7(13(25)26,14(27)28)8(15(29)30,16(31)32)12(22(43)44)9(17(33)34,18(35)36)10(19(37)38,20(39)40)21(41)42/h5-6,11H,2-4H2,1H3. The zero-order chi connectivity index (χ0) is 39.9. The second-order valence-electron chi connectivity index (χ2n) is 8.26. The first-order valence-corrected chi connectivity index (χ1v) is 11.3. The molecule has 0 spiro atoms. The van der Waals surface area contributed by atoms with Crippen molar-refractivity contribution in [3.63, 3.8) is 0 Å². The van der Waals surface area contributed by atoms with Gasteiger partial charge in [-0.3, -0.25) is 95.9 Å². The van der Waals surface area contributed by atoms with E-state index in [-0.39, 0.29) is 6.54 Å². The van der Waals surface area contributed by atoms with Crippen molar-refractivity contribution >= 4 is 0 Å². The Hall–Kier alpha value is -7.84. The average Bonchev–Trinajstić information content (AvgIpc) is 2.92. The molecule has 0 fully saturated rings. The van der Waals surface area contributed by atoms with E-state index in [1.807, 2.05) is 0 Å². The molecule has 0 aliphatic carbocycles. The maximum atomic E-state index is 12.5. The van der Waals surface area contributed by atoms with Crippen molar-refractivity contribution in [2.45, 2.75) is 48.6 Å². The molecule has 2 unspecified atom stereocenters. The Morgan fingerprint density at radius 3 is 1.14 bits per heavy atom. The summed E-state index contributed by atoms with van der Waals surface area (Å²) in [5, 5.41) is 135. The minimum absolute atomic E-state index is 0.261. The molecular weight excluding hydrogens is 732 g/mol. The molecule has 0 heterocycles. The van der Waals surface area contributed by atoms with Crippen LogP contribution in [0.25, 0.3) is 0 Å². The van der Waals surface area contributed by atoms with Gasteiger partial charge in [0.1, 0.15) is 19.7 Å². The first kappa shape index (κ1) is 42.2. The monoisotopic (exact) mass is 744 g/mol. The summed E-state index contributed by atoms with van der Waals surface area (Å²) in [7, 11) is 0. The first-order chi connectivity index (χ1) is 22.7. The highest BCUT2D eigenvalue weighted by Crippen LogP contribution is 2.47. The molecule has 0 aromatic rings. The van der Waals surface area contributed by atoms with Crippen molar-refractivity contribution in [2.24, 2.45) is 0 Å². The van der Waals surface area contributed by atoms with Gasteiger partial charge in [-0.2, -0.15) is 0 Å². The molecule has 278 valence electrons. The molecule has 0 aromatic heterocycles. The van der Waals surface area contributed by atoms with Crippen LogP contribution >= 0.6 is 0 Å². The van der Waals surface area contributed by atoms with Crippen molar-refractivity contribution < 1.29 is 69.2 Å². The lowest BCUT2D eigenvalue weighted by molar-refractivity contribution is -1.11. The van der Waals surface area contributed by atoms with Gasteiger partial charge >= 0.3 is 23.0 Å². The van der Waals surface area contributed by atoms with Gasteiger partial charge in [0.25, 0.3) is 16.3 Å². The lowest BCUT2D eigenvalue weighted by Crippen LogP contribution is -2.92. The van der Waals surface area contributed by atoms with Crippen LogP contribution in [0.15, 0.2) is 0 Å². The molecular formula is C10H12N14O26. The van der Waals surface area contributed by atoms with Crippen molar-refractivity contribution in [1.82, 2.24) is 10.3 Å². The molecule has 0 saturated heterocycles. The Labute approximate surface area is 263 Å². The smallest absolute Gasteiger partial charge is 0.317 e.